The maximum Gasteiger partial charge on any atom is 0.324 e. The minimum absolute atomic E-state index is 0.0655. The van der Waals surface area contributed by atoms with Crippen molar-refractivity contribution in [2.75, 3.05) is 7.11 Å². The second-order valence-electron chi connectivity index (χ2n) is 5.23. The van der Waals surface area contributed by atoms with Crippen molar-refractivity contribution in [1.82, 2.24) is 0 Å². The van der Waals surface area contributed by atoms with Crippen molar-refractivity contribution in [2.24, 2.45) is 5.41 Å². The van der Waals surface area contributed by atoms with Gasteiger partial charge < -0.3 is 9.47 Å². The molecule has 2 saturated heterocycles. The lowest BCUT2D eigenvalue weighted by atomic mass is 9.61. The van der Waals surface area contributed by atoms with Crippen LogP contribution in [0, 0.1) is 5.41 Å². The molecule has 1 aromatic carbocycles. The van der Waals surface area contributed by atoms with Crippen LogP contribution in [0.15, 0.2) is 30.3 Å². The molecule has 0 amide bonds. The van der Waals surface area contributed by atoms with Gasteiger partial charge in [0.1, 0.15) is 6.10 Å². The standard InChI is InChI=1S/C15H16O4/c1-18-13(16)15-8-7-11(19-14(15)17)9-12(15)10-5-3-2-4-6-10/h2-6,11-12H,7-9H2,1H3/t11-,12-,15+/m1/s1. The molecule has 3 fully saturated rings. The number of rotatable bonds is 2. The summed E-state index contributed by atoms with van der Waals surface area (Å²) in [6.45, 7) is 0. The third-order valence-corrected chi connectivity index (χ3v) is 4.34. The van der Waals surface area contributed by atoms with Crippen LogP contribution in [0.5, 0.6) is 0 Å². The van der Waals surface area contributed by atoms with Crippen LogP contribution in [0.2, 0.25) is 0 Å². The molecule has 4 heteroatoms. The van der Waals surface area contributed by atoms with Gasteiger partial charge >= 0.3 is 11.9 Å². The number of methoxy groups -OCH3 is 1. The maximum absolute atomic E-state index is 12.2. The molecule has 1 saturated carbocycles. The van der Waals surface area contributed by atoms with Crippen LogP contribution < -0.4 is 0 Å². The molecule has 0 unspecified atom stereocenters. The summed E-state index contributed by atoms with van der Waals surface area (Å²) in [5, 5.41) is 0. The summed E-state index contributed by atoms with van der Waals surface area (Å²) >= 11 is 0. The number of hydrogen-bond donors (Lipinski definition) is 0. The van der Waals surface area contributed by atoms with Gasteiger partial charge in [0.05, 0.1) is 7.11 Å². The van der Waals surface area contributed by atoms with Crippen LogP contribution in [0.3, 0.4) is 0 Å². The zero-order chi connectivity index (χ0) is 13.5. The first-order chi connectivity index (χ1) is 9.18. The van der Waals surface area contributed by atoms with Gasteiger partial charge in [0.15, 0.2) is 5.41 Å². The van der Waals surface area contributed by atoms with E-state index in [0.29, 0.717) is 12.8 Å². The number of fused-ring (bicyclic) bond motifs is 3. The Morgan fingerprint density at radius 2 is 2.11 bits per heavy atom. The predicted octanol–water partition coefficient (Wildman–Crippen LogP) is 2.04. The minimum Gasteiger partial charge on any atom is -0.468 e. The van der Waals surface area contributed by atoms with Gasteiger partial charge in [-0.2, -0.15) is 0 Å². The van der Waals surface area contributed by atoms with Gasteiger partial charge in [-0.1, -0.05) is 30.3 Å². The van der Waals surface area contributed by atoms with Gasteiger partial charge in [-0.3, -0.25) is 9.59 Å². The lowest BCUT2D eigenvalue weighted by molar-refractivity contribution is -0.196. The SMILES string of the molecule is COC(=O)[C@]12CC[C@H](C[C@@H]1c1ccccc1)OC2=O. The minimum atomic E-state index is -1.15. The first-order valence-corrected chi connectivity index (χ1v) is 6.53. The summed E-state index contributed by atoms with van der Waals surface area (Å²) in [6.07, 6.45) is 1.89. The van der Waals surface area contributed by atoms with E-state index in [1.807, 2.05) is 30.3 Å². The molecule has 1 aromatic rings. The molecule has 2 heterocycles. The maximum atomic E-state index is 12.2. The molecule has 0 radical (unpaired) electrons. The Morgan fingerprint density at radius 1 is 1.37 bits per heavy atom. The van der Waals surface area contributed by atoms with Crippen molar-refractivity contribution < 1.29 is 19.1 Å². The second kappa shape index (κ2) is 4.37. The summed E-state index contributed by atoms with van der Waals surface area (Å²) in [5.74, 6) is -1.03. The molecule has 0 aromatic heterocycles. The summed E-state index contributed by atoms with van der Waals surface area (Å²) in [7, 11) is 1.33. The number of benzene rings is 1. The van der Waals surface area contributed by atoms with E-state index < -0.39 is 17.4 Å². The molecule has 3 atom stereocenters. The molecule has 1 aliphatic carbocycles. The third kappa shape index (κ3) is 1.66. The van der Waals surface area contributed by atoms with E-state index in [-0.39, 0.29) is 12.0 Å². The Hall–Kier alpha value is -1.84. The van der Waals surface area contributed by atoms with Crippen molar-refractivity contribution in [3.05, 3.63) is 35.9 Å². The molecule has 2 aliphatic heterocycles. The van der Waals surface area contributed by atoms with Crippen molar-refractivity contribution in [1.29, 1.82) is 0 Å². The molecule has 100 valence electrons. The number of esters is 2. The lowest BCUT2D eigenvalue weighted by Gasteiger charge is -2.47. The molecule has 0 spiro atoms. The molecular formula is C15H16O4. The van der Waals surface area contributed by atoms with Crippen LogP contribution in [0.25, 0.3) is 0 Å². The summed E-state index contributed by atoms with van der Waals surface area (Å²) < 4.78 is 10.2. The fourth-order valence-electron chi connectivity index (χ4n) is 3.37. The van der Waals surface area contributed by atoms with Crippen LogP contribution in [-0.4, -0.2) is 25.2 Å². The van der Waals surface area contributed by atoms with E-state index in [0.717, 1.165) is 12.0 Å². The smallest absolute Gasteiger partial charge is 0.324 e. The fourth-order valence-corrected chi connectivity index (χ4v) is 3.37. The van der Waals surface area contributed by atoms with Crippen molar-refractivity contribution >= 4 is 11.9 Å². The highest BCUT2D eigenvalue weighted by molar-refractivity contribution is 6.02. The Labute approximate surface area is 111 Å². The summed E-state index contributed by atoms with van der Waals surface area (Å²) in [6, 6.07) is 9.70. The Kier molecular flexibility index (Phi) is 2.81. The molecule has 4 nitrogen and oxygen atoms in total. The highest BCUT2D eigenvalue weighted by Gasteiger charge is 2.61. The molecule has 19 heavy (non-hydrogen) atoms. The molecule has 4 rings (SSSR count). The van der Waals surface area contributed by atoms with Gasteiger partial charge in [0.2, 0.25) is 0 Å². The number of carbonyl (C=O) groups excluding carboxylic acids is 2. The first-order valence-electron chi connectivity index (χ1n) is 6.53. The number of carbonyl (C=O) groups is 2. The third-order valence-electron chi connectivity index (χ3n) is 4.34. The van der Waals surface area contributed by atoms with E-state index in [4.69, 9.17) is 9.47 Å². The van der Waals surface area contributed by atoms with Crippen molar-refractivity contribution in [3.8, 4) is 0 Å². The van der Waals surface area contributed by atoms with Gasteiger partial charge in [-0.05, 0) is 24.8 Å². The van der Waals surface area contributed by atoms with E-state index in [1.54, 1.807) is 0 Å². The predicted molar refractivity (Wildman–Crippen MR) is 67.4 cm³/mol. The van der Waals surface area contributed by atoms with Crippen LogP contribution in [0.4, 0.5) is 0 Å². The van der Waals surface area contributed by atoms with Crippen LogP contribution >= 0.6 is 0 Å². The quantitative estimate of drug-likeness (QED) is 0.603. The normalized spacial score (nSPS) is 32.8. The van der Waals surface area contributed by atoms with Crippen LogP contribution in [-0.2, 0) is 19.1 Å². The Balaban J connectivity index is 2.08. The first kappa shape index (κ1) is 12.2. The lowest BCUT2D eigenvalue weighted by Crippen LogP contribution is -2.56. The zero-order valence-electron chi connectivity index (χ0n) is 10.8. The largest absolute Gasteiger partial charge is 0.468 e. The van der Waals surface area contributed by atoms with E-state index >= 15 is 0 Å². The number of ether oxygens (including phenoxy) is 2. The van der Waals surface area contributed by atoms with E-state index in [2.05, 4.69) is 0 Å². The van der Waals surface area contributed by atoms with Gasteiger partial charge in [0, 0.05) is 5.92 Å². The second-order valence-corrected chi connectivity index (χ2v) is 5.23. The monoisotopic (exact) mass is 260 g/mol. The summed E-state index contributed by atoms with van der Waals surface area (Å²) in [4.78, 5) is 24.5. The zero-order valence-corrected chi connectivity index (χ0v) is 10.8. The fraction of sp³-hybridized carbons (Fsp3) is 0.467. The average Bonchev–Trinajstić information content (AvgIpc) is 2.47. The van der Waals surface area contributed by atoms with Crippen molar-refractivity contribution in [2.45, 2.75) is 31.3 Å². The Morgan fingerprint density at radius 3 is 2.74 bits per heavy atom. The van der Waals surface area contributed by atoms with Gasteiger partial charge in [-0.15, -0.1) is 0 Å². The van der Waals surface area contributed by atoms with Gasteiger partial charge in [-0.25, -0.2) is 0 Å². The topological polar surface area (TPSA) is 52.6 Å². The average molecular weight is 260 g/mol. The Bertz CT molecular complexity index is 500. The molecule has 2 bridgehead atoms. The highest BCUT2D eigenvalue weighted by Crippen LogP contribution is 2.53. The molecule has 3 aliphatic rings. The highest BCUT2D eigenvalue weighted by atomic mass is 16.6. The molecular weight excluding hydrogens is 244 g/mol. The van der Waals surface area contributed by atoms with E-state index in [9.17, 15) is 9.59 Å². The van der Waals surface area contributed by atoms with Gasteiger partial charge in [0.25, 0.3) is 0 Å². The number of hydrogen-bond acceptors (Lipinski definition) is 4. The summed E-state index contributed by atoms with van der Waals surface area (Å²) in [5.41, 5.74) is -0.139. The van der Waals surface area contributed by atoms with E-state index in [1.165, 1.54) is 7.11 Å². The van der Waals surface area contributed by atoms with Crippen molar-refractivity contribution in [3.63, 3.8) is 0 Å². The molecule has 0 N–H and O–H groups in total. The van der Waals surface area contributed by atoms with Crippen LogP contribution in [0.1, 0.15) is 30.7 Å².